The summed E-state index contributed by atoms with van der Waals surface area (Å²) in [5, 5.41) is 6.58. The Kier molecular flexibility index (Phi) is 6.49. The SMILES string of the molecule is O=C(COc1ccc(OCc2ccccc2)cc1)NCc1nc(-c2ccncc2)no1. The molecule has 1 amide bonds. The number of pyridine rings is 1. The van der Waals surface area contributed by atoms with Crippen molar-refractivity contribution in [3.05, 3.63) is 90.6 Å². The summed E-state index contributed by atoms with van der Waals surface area (Å²) in [6.45, 7) is 0.476. The van der Waals surface area contributed by atoms with Gasteiger partial charge in [0.2, 0.25) is 11.7 Å². The van der Waals surface area contributed by atoms with Crippen molar-refractivity contribution in [2.75, 3.05) is 6.61 Å². The smallest absolute Gasteiger partial charge is 0.258 e. The monoisotopic (exact) mass is 416 g/mol. The van der Waals surface area contributed by atoms with Crippen molar-refractivity contribution in [2.24, 2.45) is 0 Å². The fourth-order valence-electron chi connectivity index (χ4n) is 2.69. The van der Waals surface area contributed by atoms with Crippen molar-refractivity contribution in [1.82, 2.24) is 20.4 Å². The number of hydrogen-bond donors (Lipinski definition) is 1. The molecule has 0 aliphatic heterocycles. The highest BCUT2D eigenvalue weighted by Crippen LogP contribution is 2.19. The van der Waals surface area contributed by atoms with Crippen molar-refractivity contribution in [3.8, 4) is 22.9 Å². The normalized spacial score (nSPS) is 10.5. The van der Waals surface area contributed by atoms with Gasteiger partial charge < -0.3 is 19.3 Å². The molecule has 2 aromatic heterocycles. The van der Waals surface area contributed by atoms with Crippen molar-refractivity contribution >= 4 is 5.91 Å². The summed E-state index contributed by atoms with van der Waals surface area (Å²) in [4.78, 5) is 20.2. The average Bonchev–Trinajstić information content (AvgIpc) is 3.31. The number of ether oxygens (including phenoxy) is 2. The molecule has 8 heteroatoms. The zero-order chi connectivity index (χ0) is 21.3. The van der Waals surface area contributed by atoms with Crippen LogP contribution in [0.1, 0.15) is 11.5 Å². The van der Waals surface area contributed by atoms with E-state index in [0.717, 1.165) is 16.9 Å². The molecule has 0 aliphatic carbocycles. The number of hydrogen-bond acceptors (Lipinski definition) is 7. The topological polar surface area (TPSA) is 99.4 Å². The highest BCUT2D eigenvalue weighted by atomic mass is 16.5. The molecule has 0 saturated heterocycles. The van der Waals surface area contributed by atoms with Crippen LogP contribution >= 0.6 is 0 Å². The Morgan fingerprint density at radius 3 is 2.35 bits per heavy atom. The molecule has 0 unspecified atom stereocenters. The number of aromatic nitrogens is 3. The second-order valence-electron chi connectivity index (χ2n) is 6.56. The highest BCUT2D eigenvalue weighted by Gasteiger charge is 2.10. The lowest BCUT2D eigenvalue weighted by molar-refractivity contribution is -0.123. The fourth-order valence-corrected chi connectivity index (χ4v) is 2.69. The third kappa shape index (κ3) is 5.89. The second-order valence-corrected chi connectivity index (χ2v) is 6.56. The Hall–Kier alpha value is -4.20. The summed E-state index contributed by atoms with van der Waals surface area (Å²) in [6, 6.07) is 20.6. The predicted octanol–water partition coefficient (Wildman–Crippen LogP) is 3.41. The Morgan fingerprint density at radius 2 is 1.61 bits per heavy atom. The third-order valence-corrected chi connectivity index (χ3v) is 4.29. The molecule has 0 radical (unpaired) electrons. The zero-order valence-corrected chi connectivity index (χ0v) is 16.6. The second kappa shape index (κ2) is 10.0. The first-order valence-corrected chi connectivity index (χ1v) is 9.65. The van der Waals surface area contributed by atoms with E-state index >= 15 is 0 Å². The highest BCUT2D eigenvalue weighted by molar-refractivity contribution is 5.77. The molecule has 4 aromatic rings. The van der Waals surface area contributed by atoms with Gasteiger partial charge in [-0.05, 0) is 42.0 Å². The van der Waals surface area contributed by atoms with Crippen LogP contribution in [0.25, 0.3) is 11.4 Å². The maximum absolute atomic E-state index is 12.0. The molecule has 4 rings (SSSR count). The minimum absolute atomic E-state index is 0.118. The summed E-state index contributed by atoms with van der Waals surface area (Å²) in [6.07, 6.45) is 3.29. The van der Waals surface area contributed by atoms with Gasteiger partial charge in [-0.2, -0.15) is 4.98 Å². The summed E-state index contributed by atoms with van der Waals surface area (Å²) >= 11 is 0. The van der Waals surface area contributed by atoms with Crippen LogP contribution in [0.15, 0.2) is 83.6 Å². The number of benzene rings is 2. The van der Waals surface area contributed by atoms with Gasteiger partial charge in [0.1, 0.15) is 18.1 Å². The van der Waals surface area contributed by atoms with Crippen molar-refractivity contribution in [2.45, 2.75) is 13.2 Å². The number of rotatable bonds is 9. The molecule has 2 aromatic carbocycles. The third-order valence-electron chi connectivity index (χ3n) is 4.29. The zero-order valence-electron chi connectivity index (χ0n) is 16.6. The molecule has 0 atom stereocenters. The van der Waals surface area contributed by atoms with Gasteiger partial charge in [0, 0.05) is 18.0 Å². The van der Waals surface area contributed by atoms with Crippen LogP contribution in [0.4, 0.5) is 0 Å². The maximum Gasteiger partial charge on any atom is 0.258 e. The number of nitrogens with one attached hydrogen (secondary N) is 1. The van der Waals surface area contributed by atoms with Gasteiger partial charge in [0.05, 0.1) is 6.54 Å². The van der Waals surface area contributed by atoms with Crippen molar-refractivity contribution in [3.63, 3.8) is 0 Å². The lowest BCUT2D eigenvalue weighted by Gasteiger charge is -2.09. The van der Waals surface area contributed by atoms with E-state index in [2.05, 4.69) is 20.4 Å². The van der Waals surface area contributed by atoms with Crippen molar-refractivity contribution < 1.29 is 18.8 Å². The summed E-state index contributed by atoms with van der Waals surface area (Å²) in [5.74, 6) is 1.74. The van der Waals surface area contributed by atoms with Crippen LogP contribution in [0.5, 0.6) is 11.5 Å². The fraction of sp³-hybridized carbons (Fsp3) is 0.130. The Bertz CT molecular complexity index is 1100. The molecule has 0 bridgehead atoms. The molecule has 1 N–H and O–H groups in total. The predicted molar refractivity (Wildman–Crippen MR) is 112 cm³/mol. The van der Waals surface area contributed by atoms with E-state index in [4.69, 9.17) is 14.0 Å². The van der Waals surface area contributed by atoms with Gasteiger partial charge in [-0.25, -0.2) is 0 Å². The number of amides is 1. The Morgan fingerprint density at radius 1 is 0.903 bits per heavy atom. The standard InChI is InChI=1S/C23H20N4O4/c28-21(25-14-22-26-23(27-31-22)18-10-12-24-13-11-18)16-30-20-8-6-19(7-9-20)29-15-17-4-2-1-3-5-17/h1-13H,14-16H2,(H,25,28). The molecule has 0 saturated carbocycles. The van der Waals surface area contributed by atoms with E-state index < -0.39 is 0 Å². The van der Waals surface area contributed by atoms with Gasteiger partial charge in [-0.15, -0.1) is 0 Å². The van der Waals surface area contributed by atoms with Gasteiger partial charge in [-0.3, -0.25) is 9.78 Å². The first kappa shape index (κ1) is 20.1. The van der Waals surface area contributed by atoms with E-state index in [1.165, 1.54) is 0 Å². The van der Waals surface area contributed by atoms with Crippen LogP contribution < -0.4 is 14.8 Å². The summed E-state index contributed by atoms with van der Waals surface area (Å²) < 4.78 is 16.4. The molecule has 0 spiro atoms. The van der Waals surface area contributed by atoms with Gasteiger partial charge in [0.15, 0.2) is 6.61 Å². The van der Waals surface area contributed by atoms with Crippen molar-refractivity contribution in [1.29, 1.82) is 0 Å². The van der Waals surface area contributed by atoms with Crippen LogP contribution in [0.2, 0.25) is 0 Å². The van der Waals surface area contributed by atoms with Crippen LogP contribution in [0, 0.1) is 0 Å². The minimum Gasteiger partial charge on any atom is -0.489 e. The average molecular weight is 416 g/mol. The van der Waals surface area contributed by atoms with E-state index in [0.29, 0.717) is 24.1 Å². The van der Waals surface area contributed by atoms with Crippen LogP contribution in [0.3, 0.4) is 0 Å². The summed E-state index contributed by atoms with van der Waals surface area (Å²) in [5.41, 5.74) is 1.88. The quantitative estimate of drug-likeness (QED) is 0.446. The summed E-state index contributed by atoms with van der Waals surface area (Å²) in [7, 11) is 0. The Balaban J connectivity index is 1.20. The molecule has 0 aliphatic rings. The molecular formula is C23H20N4O4. The number of nitrogens with zero attached hydrogens (tertiary/aromatic N) is 3. The lowest BCUT2D eigenvalue weighted by Crippen LogP contribution is -2.28. The number of carbonyl (C=O) groups excluding carboxylic acids is 1. The van der Waals surface area contributed by atoms with E-state index in [-0.39, 0.29) is 19.1 Å². The molecule has 2 heterocycles. The molecule has 31 heavy (non-hydrogen) atoms. The van der Waals surface area contributed by atoms with Gasteiger partial charge in [0.25, 0.3) is 5.91 Å². The van der Waals surface area contributed by atoms with E-state index in [1.807, 2.05) is 30.3 Å². The first-order valence-electron chi connectivity index (χ1n) is 9.65. The largest absolute Gasteiger partial charge is 0.489 e. The van der Waals surface area contributed by atoms with Gasteiger partial charge >= 0.3 is 0 Å². The van der Waals surface area contributed by atoms with E-state index in [9.17, 15) is 4.79 Å². The molecular weight excluding hydrogens is 396 g/mol. The minimum atomic E-state index is -0.298. The number of carbonyl (C=O) groups is 1. The van der Waals surface area contributed by atoms with Crippen LogP contribution in [-0.4, -0.2) is 27.6 Å². The lowest BCUT2D eigenvalue weighted by atomic mass is 10.2. The molecule has 8 nitrogen and oxygen atoms in total. The van der Waals surface area contributed by atoms with Gasteiger partial charge in [-0.1, -0.05) is 35.5 Å². The Labute approximate surface area is 178 Å². The van der Waals surface area contributed by atoms with Crippen LogP contribution in [-0.2, 0) is 17.9 Å². The first-order chi connectivity index (χ1) is 15.3. The van der Waals surface area contributed by atoms with E-state index in [1.54, 1.807) is 48.8 Å². The molecule has 156 valence electrons. The maximum atomic E-state index is 12.0. The molecule has 0 fully saturated rings.